The maximum Gasteiger partial charge on any atom is 0.284 e. The van der Waals surface area contributed by atoms with Crippen molar-refractivity contribution in [1.29, 1.82) is 0 Å². The van der Waals surface area contributed by atoms with E-state index in [-0.39, 0.29) is 11.8 Å². The molecule has 1 aromatic heterocycles. The number of aromatic nitrogens is 1. The van der Waals surface area contributed by atoms with Crippen molar-refractivity contribution in [2.45, 2.75) is 32.2 Å². The lowest BCUT2D eigenvalue weighted by molar-refractivity contribution is -0.603. The molecule has 1 amide bonds. The predicted molar refractivity (Wildman–Crippen MR) is 70.5 cm³/mol. The summed E-state index contributed by atoms with van der Waals surface area (Å²) in [7, 11) is 0. The lowest BCUT2D eigenvalue weighted by atomic mass is 9.85. The van der Waals surface area contributed by atoms with Gasteiger partial charge in [0, 0.05) is 19.0 Å². The van der Waals surface area contributed by atoms with Crippen molar-refractivity contribution < 1.29 is 9.48 Å². The van der Waals surface area contributed by atoms with Gasteiger partial charge in [0.15, 0.2) is 6.04 Å². The molecule has 0 spiro atoms. The van der Waals surface area contributed by atoms with Crippen molar-refractivity contribution in [1.82, 2.24) is 10.4 Å². The highest BCUT2D eigenvalue weighted by molar-refractivity contribution is 5.94. The molecule has 1 unspecified atom stereocenters. The summed E-state index contributed by atoms with van der Waals surface area (Å²) in [6.07, 6.45) is 5.53. The zero-order valence-electron chi connectivity index (χ0n) is 11.0. The van der Waals surface area contributed by atoms with Crippen LogP contribution in [0.25, 0.3) is 0 Å². The number of nitrogens with zero attached hydrogens (tertiary/aromatic N) is 2. The van der Waals surface area contributed by atoms with Crippen LogP contribution in [0.1, 0.15) is 31.9 Å². The Morgan fingerprint density at radius 3 is 3.00 bits per heavy atom. The van der Waals surface area contributed by atoms with Crippen LogP contribution in [0.15, 0.2) is 24.4 Å². The minimum absolute atomic E-state index is 0.206. The van der Waals surface area contributed by atoms with Crippen LogP contribution in [0.4, 0.5) is 0 Å². The number of pyridine rings is 1. The van der Waals surface area contributed by atoms with Gasteiger partial charge in [-0.15, -0.1) is 10.1 Å². The van der Waals surface area contributed by atoms with Crippen molar-refractivity contribution in [2.24, 2.45) is 17.8 Å². The van der Waals surface area contributed by atoms with Gasteiger partial charge in [-0.2, -0.15) is 0 Å². The van der Waals surface area contributed by atoms with E-state index in [1.165, 1.54) is 19.3 Å². The third-order valence-electron chi connectivity index (χ3n) is 5.10. The van der Waals surface area contributed by atoms with Crippen LogP contribution < -0.4 is 5.43 Å². The zero-order chi connectivity index (χ0) is 13.0. The number of hydrazine groups is 1. The Bertz CT molecular complexity index is 566. The number of hydrogen-bond acceptors (Lipinski definition) is 2. The quantitative estimate of drug-likeness (QED) is 0.771. The second-order valence-electron chi connectivity index (χ2n) is 6.00. The first-order chi connectivity index (χ1) is 9.25. The third kappa shape index (κ3) is 1.49. The third-order valence-corrected chi connectivity index (χ3v) is 5.10. The monoisotopic (exact) mass is 256 g/mol. The lowest BCUT2D eigenvalue weighted by Crippen LogP contribution is -2.37. The fourth-order valence-corrected chi connectivity index (χ4v) is 4.28. The van der Waals surface area contributed by atoms with Crippen molar-refractivity contribution >= 4 is 11.6 Å². The Balaban J connectivity index is 1.78. The van der Waals surface area contributed by atoms with Crippen LogP contribution in [-0.2, 0) is 4.79 Å². The predicted octanol–water partition coefficient (Wildman–Crippen LogP) is 1.36. The Labute approximate surface area is 112 Å². The van der Waals surface area contributed by atoms with E-state index in [2.05, 4.69) is 22.0 Å². The second-order valence-corrected chi connectivity index (χ2v) is 6.00. The summed E-state index contributed by atoms with van der Waals surface area (Å²) >= 11 is 0. The van der Waals surface area contributed by atoms with Gasteiger partial charge in [0.2, 0.25) is 5.71 Å². The second kappa shape index (κ2) is 3.89. The maximum absolute atomic E-state index is 12.2. The lowest BCUT2D eigenvalue weighted by Gasteiger charge is -2.17. The van der Waals surface area contributed by atoms with E-state index < -0.39 is 0 Å². The minimum atomic E-state index is 0.206. The molecule has 0 aromatic carbocycles. The molecular formula is C15H18N3O+. The number of hydrazone groups is 1. The summed E-state index contributed by atoms with van der Waals surface area (Å²) in [6, 6.07) is 6.26. The molecule has 4 heteroatoms. The van der Waals surface area contributed by atoms with Gasteiger partial charge in [-0.3, -0.25) is 9.78 Å². The Morgan fingerprint density at radius 1 is 1.37 bits per heavy atom. The summed E-state index contributed by atoms with van der Waals surface area (Å²) in [5.41, 5.74) is 5.09. The SMILES string of the molecule is C/C(c1ccccn1)=[N+]1/NC(=O)C2[C@@H]3CC[C@@H](C3)[C@H]21. The standard InChI is InChI=1S/C15H17N3O/c1-9(12-4-2-3-7-16-12)18-14-11-6-5-10(8-11)13(14)15(19)17-18/h2-4,7,10-11,13-14H,5-6,8H2,1H3/p+1/t10-,11+,13?,14-/m1/s1. The summed E-state index contributed by atoms with van der Waals surface area (Å²) in [6.45, 7) is 2.05. The van der Waals surface area contributed by atoms with Crippen LogP contribution in [-0.4, -0.2) is 27.3 Å². The first kappa shape index (κ1) is 11.1. The maximum atomic E-state index is 12.2. The largest absolute Gasteiger partial charge is 0.284 e. The van der Waals surface area contributed by atoms with Crippen LogP contribution in [0.3, 0.4) is 0 Å². The number of carbonyl (C=O) groups excluding carboxylic acids is 1. The van der Waals surface area contributed by atoms with Gasteiger partial charge in [-0.1, -0.05) is 6.07 Å². The number of amides is 1. The first-order valence-electron chi connectivity index (χ1n) is 7.10. The topological polar surface area (TPSA) is 45.0 Å². The average molecular weight is 256 g/mol. The molecule has 2 aliphatic carbocycles. The zero-order valence-corrected chi connectivity index (χ0v) is 11.0. The molecule has 4 nitrogen and oxygen atoms in total. The molecule has 1 N–H and O–H groups in total. The number of fused-ring (bicyclic) bond motifs is 5. The molecule has 2 saturated carbocycles. The van der Waals surface area contributed by atoms with Crippen molar-refractivity contribution in [3.05, 3.63) is 30.1 Å². The summed E-state index contributed by atoms with van der Waals surface area (Å²) in [5.74, 6) is 1.70. The van der Waals surface area contributed by atoms with Gasteiger partial charge in [0.1, 0.15) is 11.6 Å². The summed E-state index contributed by atoms with van der Waals surface area (Å²) < 4.78 is 2.10. The first-order valence-corrected chi connectivity index (χ1v) is 7.10. The molecule has 4 atom stereocenters. The van der Waals surface area contributed by atoms with E-state index >= 15 is 0 Å². The van der Waals surface area contributed by atoms with Crippen LogP contribution in [0.5, 0.6) is 0 Å². The highest BCUT2D eigenvalue weighted by atomic mass is 16.2. The van der Waals surface area contributed by atoms with E-state index in [4.69, 9.17) is 0 Å². The molecular weight excluding hydrogens is 238 g/mol. The number of carbonyl (C=O) groups is 1. The minimum Gasteiger partial charge on any atom is -0.269 e. The fourth-order valence-electron chi connectivity index (χ4n) is 4.28. The highest BCUT2D eigenvalue weighted by Crippen LogP contribution is 2.51. The van der Waals surface area contributed by atoms with Crippen LogP contribution in [0, 0.1) is 17.8 Å². The van der Waals surface area contributed by atoms with Crippen molar-refractivity contribution in [2.75, 3.05) is 0 Å². The van der Waals surface area contributed by atoms with Gasteiger partial charge in [0.05, 0.1) is 0 Å². The molecule has 4 rings (SSSR count). The molecule has 3 fully saturated rings. The Kier molecular flexibility index (Phi) is 2.28. The van der Waals surface area contributed by atoms with Gasteiger partial charge < -0.3 is 0 Å². The van der Waals surface area contributed by atoms with Gasteiger partial charge >= 0.3 is 0 Å². The van der Waals surface area contributed by atoms with E-state index in [0.29, 0.717) is 17.9 Å². The molecule has 1 saturated heterocycles. The number of rotatable bonds is 1. The molecule has 19 heavy (non-hydrogen) atoms. The van der Waals surface area contributed by atoms with Crippen LogP contribution in [0.2, 0.25) is 0 Å². The molecule has 2 bridgehead atoms. The van der Waals surface area contributed by atoms with E-state index in [0.717, 1.165) is 11.4 Å². The van der Waals surface area contributed by atoms with E-state index in [9.17, 15) is 4.79 Å². The van der Waals surface area contributed by atoms with Crippen molar-refractivity contribution in [3.8, 4) is 0 Å². The van der Waals surface area contributed by atoms with E-state index in [1.807, 2.05) is 18.2 Å². The average Bonchev–Trinajstić information content (AvgIpc) is 3.12. The number of hydrogen-bond donors (Lipinski definition) is 1. The van der Waals surface area contributed by atoms with Crippen LogP contribution >= 0.6 is 0 Å². The Hall–Kier alpha value is -1.71. The van der Waals surface area contributed by atoms with Gasteiger partial charge in [-0.05, 0) is 37.3 Å². The van der Waals surface area contributed by atoms with E-state index in [1.54, 1.807) is 6.20 Å². The molecule has 1 aliphatic heterocycles. The molecule has 98 valence electrons. The Morgan fingerprint density at radius 2 is 2.21 bits per heavy atom. The van der Waals surface area contributed by atoms with Gasteiger partial charge in [-0.25, -0.2) is 0 Å². The molecule has 3 aliphatic rings. The molecule has 2 heterocycles. The molecule has 0 radical (unpaired) electrons. The fraction of sp³-hybridized carbons (Fsp3) is 0.533. The molecule has 1 aromatic rings. The van der Waals surface area contributed by atoms with Gasteiger partial charge in [0.25, 0.3) is 5.91 Å². The summed E-state index contributed by atoms with van der Waals surface area (Å²) in [5, 5.41) is 0. The highest BCUT2D eigenvalue weighted by Gasteiger charge is 2.62. The number of nitrogens with one attached hydrogen (secondary N) is 1. The summed E-state index contributed by atoms with van der Waals surface area (Å²) in [4.78, 5) is 16.6. The van der Waals surface area contributed by atoms with Crippen molar-refractivity contribution in [3.63, 3.8) is 0 Å². The normalized spacial score (nSPS) is 38.3. The smallest absolute Gasteiger partial charge is 0.269 e.